The van der Waals surface area contributed by atoms with Gasteiger partial charge in [0.1, 0.15) is 0 Å². The van der Waals surface area contributed by atoms with Crippen LogP contribution in [0.15, 0.2) is 0 Å². The molecule has 0 radical (unpaired) electrons. The first kappa shape index (κ1) is 13.7. The Morgan fingerprint density at radius 1 is 1.36 bits per heavy atom. The van der Waals surface area contributed by atoms with Gasteiger partial charge >= 0.3 is 0 Å². The molecule has 2 atom stereocenters. The molecule has 0 bridgehead atoms. The zero-order valence-electron chi connectivity index (χ0n) is 8.37. The van der Waals surface area contributed by atoms with Crippen molar-refractivity contribution in [1.82, 2.24) is 5.32 Å². The molecule has 0 saturated heterocycles. The van der Waals surface area contributed by atoms with Crippen LogP contribution in [-0.2, 0) is 4.79 Å². The predicted octanol–water partition coefficient (Wildman–Crippen LogP) is 0.143. The van der Waals surface area contributed by atoms with Crippen molar-refractivity contribution in [1.29, 1.82) is 0 Å². The van der Waals surface area contributed by atoms with Crippen LogP contribution in [0.1, 0.15) is 32.1 Å². The van der Waals surface area contributed by atoms with E-state index in [1.807, 2.05) is 0 Å². The van der Waals surface area contributed by atoms with Gasteiger partial charge in [-0.3, -0.25) is 4.79 Å². The highest BCUT2D eigenvalue weighted by molar-refractivity contribution is 5.85. The molecule has 1 aliphatic rings. The fraction of sp³-hybridized carbons (Fsp3) is 0.889. The van der Waals surface area contributed by atoms with E-state index in [2.05, 4.69) is 5.32 Å². The maximum absolute atomic E-state index is 11.2. The van der Waals surface area contributed by atoms with E-state index in [1.54, 1.807) is 0 Å². The summed E-state index contributed by atoms with van der Waals surface area (Å²) >= 11 is 0. The van der Waals surface area contributed by atoms with Crippen LogP contribution in [0.3, 0.4) is 0 Å². The second-order valence-corrected chi connectivity index (χ2v) is 3.66. The monoisotopic (exact) mass is 221 g/mol. The number of carbonyl (C=O) groups excluding carboxylic acids is 1. The lowest BCUT2D eigenvalue weighted by molar-refractivity contribution is -0.121. The van der Waals surface area contributed by atoms with Crippen LogP contribution in [-0.4, -0.2) is 24.5 Å². The molecule has 1 aliphatic carbocycles. The van der Waals surface area contributed by atoms with Crippen molar-refractivity contribution >= 4 is 18.3 Å². The highest BCUT2D eigenvalue weighted by atomic mass is 35.5. The summed E-state index contributed by atoms with van der Waals surface area (Å²) in [5.41, 5.74) is 11.2. The number of nitrogens with two attached hydrogens (primary N) is 2. The van der Waals surface area contributed by atoms with Crippen LogP contribution in [0.25, 0.3) is 0 Å². The number of halogens is 1. The Bertz CT molecular complexity index is 177. The molecule has 4 nitrogen and oxygen atoms in total. The Hall–Kier alpha value is -0.320. The summed E-state index contributed by atoms with van der Waals surface area (Å²) in [4.78, 5) is 11.2. The number of amides is 1. The minimum Gasteiger partial charge on any atom is -0.352 e. The van der Waals surface area contributed by atoms with E-state index in [4.69, 9.17) is 11.5 Å². The number of rotatable bonds is 3. The van der Waals surface area contributed by atoms with Gasteiger partial charge in [0.05, 0.1) is 0 Å². The van der Waals surface area contributed by atoms with E-state index in [0.29, 0.717) is 13.0 Å². The third-order valence-corrected chi connectivity index (χ3v) is 2.54. The smallest absolute Gasteiger partial charge is 0.221 e. The Morgan fingerprint density at radius 2 is 2.00 bits per heavy atom. The van der Waals surface area contributed by atoms with Crippen molar-refractivity contribution in [3.63, 3.8) is 0 Å². The lowest BCUT2D eigenvalue weighted by Crippen LogP contribution is -2.49. The van der Waals surface area contributed by atoms with E-state index >= 15 is 0 Å². The lowest BCUT2D eigenvalue weighted by atomic mass is 9.91. The summed E-state index contributed by atoms with van der Waals surface area (Å²) in [5.74, 6) is 0.0323. The molecular formula is C9H20ClN3O. The van der Waals surface area contributed by atoms with Gasteiger partial charge in [0, 0.05) is 25.0 Å². The summed E-state index contributed by atoms with van der Waals surface area (Å²) in [6, 6.07) is 0.309. The number of hydrogen-bond donors (Lipinski definition) is 3. The van der Waals surface area contributed by atoms with Crippen molar-refractivity contribution in [2.24, 2.45) is 11.5 Å². The quantitative estimate of drug-likeness (QED) is 0.634. The topological polar surface area (TPSA) is 81.1 Å². The van der Waals surface area contributed by atoms with Gasteiger partial charge in [-0.2, -0.15) is 0 Å². The molecule has 5 N–H and O–H groups in total. The van der Waals surface area contributed by atoms with E-state index in [0.717, 1.165) is 12.8 Å². The summed E-state index contributed by atoms with van der Waals surface area (Å²) < 4.78 is 0. The van der Waals surface area contributed by atoms with Gasteiger partial charge < -0.3 is 16.8 Å². The summed E-state index contributed by atoms with van der Waals surface area (Å²) in [6.07, 6.45) is 4.79. The minimum absolute atomic E-state index is 0. The van der Waals surface area contributed by atoms with Gasteiger partial charge in [-0.05, 0) is 12.8 Å². The average Bonchev–Trinajstić information content (AvgIpc) is 2.09. The molecule has 0 spiro atoms. The maximum atomic E-state index is 11.2. The molecular weight excluding hydrogens is 202 g/mol. The maximum Gasteiger partial charge on any atom is 0.221 e. The van der Waals surface area contributed by atoms with Crippen molar-refractivity contribution in [2.75, 3.05) is 6.54 Å². The zero-order valence-corrected chi connectivity index (χ0v) is 9.19. The molecule has 0 aromatic rings. The summed E-state index contributed by atoms with van der Waals surface area (Å²) in [6.45, 7) is 0.411. The third-order valence-electron chi connectivity index (χ3n) is 2.54. The van der Waals surface area contributed by atoms with E-state index in [1.165, 1.54) is 12.8 Å². The highest BCUT2D eigenvalue weighted by Gasteiger charge is 2.22. The predicted molar refractivity (Wildman–Crippen MR) is 59.3 cm³/mol. The first-order chi connectivity index (χ1) is 6.24. The molecule has 84 valence electrons. The molecule has 1 amide bonds. The first-order valence-electron chi connectivity index (χ1n) is 4.99. The van der Waals surface area contributed by atoms with Crippen LogP contribution in [0.5, 0.6) is 0 Å². The van der Waals surface area contributed by atoms with Crippen LogP contribution >= 0.6 is 12.4 Å². The Kier molecular flexibility index (Phi) is 6.87. The summed E-state index contributed by atoms with van der Waals surface area (Å²) in [5, 5.41) is 2.93. The number of hydrogen-bond acceptors (Lipinski definition) is 3. The van der Waals surface area contributed by atoms with Crippen LogP contribution in [0.4, 0.5) is 0 Å². The molecule has 1 fully saturated rings. The second kappa shape index (κ2) is 7.04. The summed E-state index contributed by atoms with van der Waals surface area (Å²) in [7, 11) is 0. The number of nitrogens with one attached hydrogen (secondary N) is 1. The van der Waals surface area contributed by atoms with E-state index < -0.39 is 0 Å². The molecule has 1 saturated carbocycles. The second-order valence-electron chi connectivity index (χ2n) is 3.66. The minimum atomic E-state index is 0. The van der Waals surface area contributed by atoms with Gasteiger partial charge in [0.2, 0.25) is 5.91 Å². The molecule has 0 aromatic carbocycles. The van der Waals surface area contributed by atoms with Gasteiger partial charge in [-0.15, -0.1) is 12.4 Å². The van der Waals surface area contributed by atoms with Gasteiger partial charge in [-0.1, -0.05) is 12.8 Å². The fourth-order valence-electron chi connectivity index (χ4n) is 1.75. The van der Waals surface area contributed by atoms with Gasteiger partial charge in [0.25, 0.3) is 0 Å². The van der Waals surface area contributed by atoms with E-state index in [-0.39, 0.29) is 30.4 Å². The van der Waals surface area contributed by atoms with Crippen molar-refractivity contribution in [2.45, 2.75) is 44.2 Å². The Labute approximate surface area is 91.2 Å². The Balaban J connectivity index is 0.00000169. The molecule has 5 heteroatoms. The van der Waals surface area contributed by atoms with Gasteiger partial charge in [-0.25, -0.2) is 0 Å². The normalized spacial score (nSPS) is 26.4. The standard InChI is InChI=1S/C9H19N3O.ClH/c10-6-5-9(13)12-8-4-2-1-3-7(8)11;/h7-8H,1-6,10-11H2,(H,12,13);1H/t7-,8-;/m1./s1. The molecule has 0 unspecified atom stereocenters. The van der Waals surface area contributed by atoms with Crippen molar-refractivity contribution < 1.29 is 4.79 Å². The molecule has 1 rings (SSSR count). The third kappa shape index (κ3) is 4.26. The number of carbonyl (C=O) groups is 1. The van der Waals surface area contributed by atoms with Crippen LogP contribution in [0.2, 0.25) is 0 Å². The molecule has 0 aliphatic heterocycles. The fourth-order valence-corrected chi connectivity index (χ4v) is 1.75. The first-order valence-corrected chi connectivity index (χ1v) is 4.99. The van der Waals surface area contributed by atoms with Crippen molar-refractivity contribution in [3.05, 3.63) is 0 Å². The molecule has 0 heterocycles. The van der Waals surface area contributed by atoms with Gasteiger partial charge in [0.15, 0.2) is 0 Å². The SMILES string of the molecule is Cl.NCCC(=O)N[C@@H]1CCCC[C@H]1N. The van der Waals surface area contributed by atoms with Crippen molar-refractivity contribution in [3.8, 4) is 0 Å². The van der Waals surface area contributed by atoms with Crippen LogP contribution < -0.4 is 16.8 Å². The van der Waals surface area contributed by atoms with E-state index in [9.17, 15) is 4.79 Å². The lowest BCUT2D eigenvalue weighted by Gasteiger charge is -2.29. The average molecular weight is 222 g/mol. The largest absolute Gasteiger partial charge is 0.352 e. The van der Waals surface area contributed by atoms with Crippen LogP contribution in [0, 0.1) is 0 Å². The molecule has 14 heavy (non-hydrogen) atoms. The highest BCUT2D eigenvalue weighted by Crippen LogP contribution is 2.16. The Morgan fingerprint density at radius 3 is 2.57 bits per heavy atom. The molecule has 0 aromatic heterocycles. The zero-order chi connectivity index (χ0) is 9.68.